The normalized spacial score (nSPS) is 11.5. The lowest BCUT2D eigenvalue weighted by Crippen LogP contribution is -2.05. The van der Waals surface area contributed by atoms with Crippen molar-refractivity contribution in [2.75, 3.05) is 6.54 Å². The first-order valence-corrected chi connectivity index (χ1v) is 4.48. The molecule has 17 heavy (non-hydrogen) atoms. The van der Waals surface area contributed by atoms with Crippen molar-refractivity contribution in [3.8, 4) is 0 Å². The van der Waals surface area contributed by atoms with E-state index in [1.54, 1.807) is 0 Å². The molecule has 1 rings (SSSR count). The van der Waals surface area contributed by atoms with E-state index in [0.717, 1.165) is 12.1 Å². The van der Waals surface area contributed by atoms with Gasteiger partial charge in [0.1, 0.15) is 5.82 Å². The van der Waals surface area contributed by atoms with E-state index >= 15 is 0 Å². The third kappa shape index (κ3) is 4.16. The topological polar surface area (TPSA) is 48.8 Å². The van der Waals surface area contributed by atoms with Crippen molar-refractivity contribution in [2.24, 2.45) is 5.11 Å². The molecule has 3 nitrogen and oxygen atoms in total. The maximum Gasteiger partial charge on any atom is 0.416 e. The zero-order valence-corrected chi connectivity index (χ0v) is 8.45. The summed E-state index contributed by atoms with van der Waals surface area (Å²) in [5.41, 5.74) is 6.98. The predicted octanol–water partition coefficient (Wildman–Crippen LogP) is 4.17. The molecule has 0 fully saturated rings. The van der Waals surface area contributed by atoms with Gasteiger partial charge in [0.15, 0.2) is 0 Å². The van der Waals surface area contributed by atoms with Crippen molar-refractivity contribution < 1.29 is 17.6 Å². The highest BCUT2D eigenvalue weighted by Gasteiger charge is 2.31. The predicted molar refractivity (Wildman–Crippen MR) is 54.4 cm³/mol. The summed E-state index contributed by atoms with van der Waals surface area (Å²) in [6, 6.07) is 2.20. The first-order valence-electron chi connectivity index (χ1n) is 4.48. The van der Waals surface area contributed by atoms with Crippen LogP contribution in [0.4, 0.5) is 17.6 Å². The standard InChI is InChI=1S/C10H7F4N3/c11-9-5-7(2-1-3-16-17-15)4-8(6-9)10(12,13)14/h1-2,4-6H,3H2. The van der Waals surface area contributed by atoms with E-state index in [-0.39, 0.29) is 12.1 Å². The van der Waals surface area contributed by atoms with Crippen molar-refractivity contribution in [3.63, 3.8) is 0 Å². The van der Waals surface area contributed by atoms with Crippen molar-refractivity contribution >= 4 is 6.08 Å². The molecule has 90 valence electrons. The SMILES string of the molecule is [N-]=[N+]=NCC=Cc1cc(F)cc(C(F)(F)F)c1. The molecule has 0 aliphatic heterocycles. The molecule has 0 saturated heterocycles. The smallest absolute Gasteiger partial charge is 0.207 e. The van der Waals surface area contributed by atoms with Crippen LogP contribution in [0.1, 0.15) is 11.1 Å². The van der Waals surface area contributed by atoms with Gasteiger partial charge in [-0.3, -0.25) is 0 Å². The van der Waals surface area contributed by atoms with Gasteiger partial charge < -0.3 is 0 Å². The molecule has 0 radical (unpaired) electrons. The lowest BCUT2D eigenvalue weighted by molar-refractivity contribution is -0.137. The van der Waals surface area contributed by atoms with E-state index < -0.39 is 17.6 Å². The first-order chi connectivity index (χ1) is 7.93. The number of alkyl halides is 3. The molecular weight excluding hydrogens is 238 g/mol. The second-order valence-corrected chi connectivity index (χ2v) is 3.09. The number of azide groups is 1. The van der Waals surface area contributed by atoms with E-state index in [0.29, 0.717) is 6.07 Å². The van der Waals surface area contributed by atoms with Crippen molar-refractivity contribution in [1.82, 2.24) is 0 Å². The average Bonchev–Trinajstić information content (AvgIpc) is 2.22. The summed E-state index contributed by atoms with van der Waals surface area (Å²) in [6.45, 7) is -0.00559. The fourth-order valence-corrected chi connectivity index (χ4v) is 1.14. The number of rotatable bonds is 3. The van der Waals surface area contributed by atoms with Gasteiger partial charge in [-0.2, -0.15) is 13.2 Å². The van der Waals surface area contributed by atoms with Crippen molar-refractivity contribution in [2.45, 2.75) is 6.18 Å². The minimum atomic E-state index is -4.59. The van der Waals surface area contributed by atoms with E-state index in [1.807, 2.05) is 0 Å². The monoisotopic (exact) mass is 245 g/mol. The van der Waals surface area contributed by atoms with Crippen LogP contribution in [0.5, 0.6) is 0 Å². The lowest BCUT2D eigenvalue weighted by Gasteiger charge is -2.07. The van der Waals surface area contributed by atoms with Gasteiger partial charge in [0, 0.05) is 11.5 Å². The Morgan fingerprint density at radius 1 is 1.29 bits per heavy atom. The maximum atomic E-state index is 12.9. The highest BCUT2D eigenvalue weighted by molar-refractivity contribution is 5.51. The Hall–Kier alpha value is -2.01. The largest absolute Gasteiger partial charge is 0.416 e. The van der Waals surface area contributed by atoms with Crippen LogP contribution < -0.4 is 0 Å². The Bertz CT molecular complexity index is 473. The molecule has 0 amide bonds. The molecule has 0 aromatic heterocycles. The van der Waals surface area contributed by atoms with Gasteiger partial charge in [0.05, 0.1) is 5.56 Å². The van der Waals surface area contributed by atoms with Crippen LogP contribution in [0, 0.1) is 5.82 Å². The third-order valence-corrected chi connectivity index (χ3v) is 1.81. The highest BCUT2D eigenvalue weighted by Crippen LogP contribution is 2.30. The molecule has 0 atom stereocenters. The van der Waals surface area contributed by atoms with Gasteiger partial charge in [0.25, 0.3) is 0 Å². The minimum Gasteiger partial charge on any atom is -0.207 e. The molecule has 0 spiro atoms. The summed E-state index contributed by atoms with van der Waals surface area (Å²) in [6.07, 6.45) is -1.99. The van der Waals surface area contributed by atoms with Gasteiger partial charge in [-0.25, -0.2) is 4.39 Å². The van der Waals surface area contributed by atoms with E-state index in [9.17, 15) is 17.6 Å². The molecule has 0 aliphatic carbocycles. The summed E-state index contributed by atoms with van der Waals surface area (Å²) in [7, 11) is 0. The van der Waals surface area contributed by atoms with Crippen LogP contribution in [0.25, 0.3) is 16.5 Å². The average molecular weight is 245 g/mol. The summed E-state index contributed by atoms with van der Waals surface area (Å²) >= 11 is 0. The summed E-state index contributed by atoms with van der Waals surface area (Å²) in [4.78, 5) is 2.46. The molecule has 0 heterocycles. The van der Waals surface area contributed by atoms with Gasteiger partial charge in [-0.1, -0.05) is 17.3 Å². The third-order valence-electron chi connectivity index (χ3n) is 1.81. The van der Waals surface area contributed by atoms with E-state index in [2.05, 4.69) is 10.0 Å². The van der Waals surface area contributed by atoms with Gasteiger partial charge in [0.2, 0.25) is 0 Å². The van der Waals surface area contributed by atoms with Crippen LogP contribution >= 0.6 is 0 Å². The molecule has 0 unspecified atom stereocenters. The van der Waals surface area contributed by atoms with Crippen molar-refractivity contribution in [3.05, 3.63) is 51.7 Å². The number of hydrogen-bond donors (Lipinski definition) is 0. The van der Waals surface area contributed by atoms with Gasteiger partial charge in [-0.15, -0.1) is 0 Å². The van der Waals surface area contributed by atoms with Crippen molar-refractivity contribution in [1.29, 1.82) is 0 Å². The molecule has 0 saturated carbocycles. The Labute approximate surface area is 94.0 Å². The molecule has 1 aromatic rings. The number of nitrogens with zero attached hydrogens (tertiary/aromatic N) is 3. The molecule has 0 N–H and O–H groups in total. The Kier molecular flexibility index (Phi) is 4.12. The Morgan fingerprint density at radius 2 is 2.00 bits per heavy atom. The Morgan fingerprint density at radius 3 is 2.59 bits per heavy atom. The minimum absolute atomic E-state index is 0.00559. The number of hydrogen-bond acceptors (Lipinski definition) is 1. The number of halogens is 4. The number of benzene rings is 1. The van der Waals surface area contributed by atoms with Crippen LogP contribution in [0.2, 0.25) is 0 Å². The van der Waals surface area contributed by atoms with Crippen LogP contribution in [0.15, 0.2) is 29.4 Å². The highest BCUT2D eigenvalue weighted by atomic mass is 19.4. The zero-order valence-electron chi connectivity index (χ0n) is 8.45. The molecule has 0 aliphatic rings. The summed E-state index contributed by atoms with van der Waals surface area (Å²) in [5, 5.41) is 3.16. The zero-order chi connectivity index (χ0) is 12.9. The summed E-state index contributed by atoms with van der Waals surface area (Å²) in [5.74, 6) is -0.969. The fraction of sp³-hybridized carbons (Fsp3) is 0.200. The lowest BCUT2D eigenvalue weighted by atomic mass is 10.1. The summed E-state index contributed by atoms with van der Waals surface area (Å²) < 4.78 is 49.9. The second kappa shape index (κ2) is 5.36. The second-order valence-electron chi connectivity index (χ2n) is 3.09. The van der Waals surface area contributed by atoms with Gasteiger partial charge in [-0.05, 0) is 29.3 Å². The fourth-order valence-electron chi connectivity index (χ4n) is 1.14. The molecule has 7 heteroatoms. The Balaban J connectivity index is 2.97. The first kappa shape index (κ1) is 13.1. The maximum absolute atomic E-state index is 12.9. The molecular formula is C10H7F4N3. The van der Waals surface area contributed by atoms with Crippen LogP contribution in [0.3, 0.4) is 0 Å². The quantitative estimate of drug-likeness (QED) is 0.332. The van der Waals surface area contributed by atoms with Crippen LogP contribution in [-0.4, -0.2) is 6.54 Å². The van der Waals surface area contributed by atoms with E-state index in [1.165, 1.54) is 12.2 Å². The molecule has 0 bridgehead atoms. The molecule has 1 aromatic carbocycles. The van der Waals surface area contributed by atoms with Gasteiger partial charge >= 0.3 is 6.18 Å². The van der Waals surface area contributed by atoms with E-state index in [4.69, 9.17) is 5.53 Å². The van der Waals surface area contributed by atoms with Crippen LogP contribution in [-0.2, 0) is 6.18 Å².